The SMILES string of the molecule is FC(F)(F)c1csc(N/N=C2/COC3(CCCC3)C2)n1. The molecule has 0 atom stereocenters. The van der Waals surface area contributed by atoms with E-state index in [0.29, 0.717) is 6.61 Å². The Labute approximate surface area is 118 Å². The molecule has 0 radical (unpaired) electrons. The Balaban J connectivity index is 1.62. The topological polar surface area (TPSA) is 46.5 Å². The highest BCUT2D eigenvalue weighted by atomic mass is 32.1. The van der Waals surface area contributed by atoms with Gasteiger partial charge in [0.1, 0.15) is 0 Å². The zero-order valence-corrected chi connectivity index (χ0v) is 11.5. The first-order valence-corrected chi connectivity index (χ1v) is 7.33. The Hall–Kier alpha value is -1.15. The summed E-state index contributed by atoms with van der Waals surface area (Å²) in [6, 6.07) is 0. The number of hydrogen-bond acceptors (Lipinski definition) is 5. The molecule has 1 saturated heterocycles. The number of thiazole rings is 1. The molecule has 1 N–H and O–H groups in total. The Kier molecular flexibility index (Phi) is 3.45. The molecule has 3 rings (SSSR count). The summed E-state index contributed by atoms with van der Waals surface area (Å²) in [5.74, 6) is 0. The number of hydrogen-bond donors (Lipinski definition) is 1. The van der Waals surface area contributed by atoms with Crippen molar-refractivity contribution < 1.29 is 17.9 Å². The predicted octanol–water partition coefficient (Wildman–Crippen LogP) is 3.66. The second-order valence-electron chi connectivity index (χ2n) is 5.18. The van der Waals surface area contributed by atoms with Crippen molar-refractivity contribution >= 4 is 22.2 Å². The maximum atomic E-state index is 12.4. The summed E-state index contributed by atoms with van der Waals surface area (Å²) in [6.07, 6.45) is 0.776. The third kappa shape index (κ3) is 2.80. The highest BCUT2D eigenvalue weighted by Gasteiger charge is 2.41. The highest BCUT2D eigenvalue weighted by Crippen LogP contribution is 2.40. The molecule has 0 bridgehead atoms. The molecule has 1 aromatic heterocycles. The summed E-state index contributed by atoms with van der Waals surface area (Å²) >= 11 is 0.893. The molecule has 1 aliphatic carbocycles. The van der Waals surface area contributed by atoms with Gasteiger partial charge in [-0.25, -0.2) is 4.98 Å². The van der Waals surface area contributed by atoms with E-state index in [1.54, 1.807) is 0 Å². The van der Waals surface area contributed by atoms with Gasteiger partial charge in [-0.15, -0.1) is 11.3 Å². The molecule has 0 amide bonds. The first-order chi connectivity index (χ1) is 9.47. The van der Waals surface area contributed by atoms with E-state index in [1.165, 1.54) is 12.8 Å². The summed E-state index contributed by atoms with van der Waals surface area (Å²) in [5, 5.41) is 5.26. The molecule has 8 heteroatoms. The lowest BCUT2D eigenvalue weighted by Crippen LogP contribution is -2.22. The van der Waals surface area contributed by atoms with Crippen LogP contribution in [0.3, 0.4) is 0 Å². The predicted molar refractivity (Wildman–Crippen MR) is 69.9 cm³/mol. The fourth-order valence-electron chi connectivity index (χ4n) is 2.70. The quantitative estimate of drug-likeness (QED) is 0.848. The van der Waals surface area contributed by atoms with E-state index in [9.17, 15) is 13.2 Å². The van der Waals surface area contributed by atoms with Crippen LogP contribution in [0.2, 0.25) is 0 Å². The normalized spacial score (nSPS) is 23.9. The molecular formula is C12H14F3N3OS. The van der Waals surface area contributed by atoms with Crippen LogP contribution in [0.15, 0.2) is 10.5 Å². The molecule has 110 valence electrons. The number of anilines is 1. The lowest BCUT2D eigenvalue weighted by molar-refractivity contribution is -0.140. The zero-order chi connectivity index (χ0) is 14.2. The average molecular weight is 305 g/mol. The van der Waals surface area contributed by atoms with Crippen LogP contribution in [0.5, 0.6) is 0 Å². The minimum Gasteiger partial charge on any atom is -0.369 e. The van der Waals surface area contributed by atoms with Gasteiger partial charge < -0.3 is 4.74 Å². The van der Waals surface area contributed by atoms with Gasteiger partial charge in [0.25, 0.3) is 0 Å². The third-order valence-electron chi connectivity index (χ3n) is 3.69. The van der Waals surface area contributed by atoms with Crippen LogP contribution in [0.4, 0.5) is 18.3 Å². The summed E-state index contributed by atoms with van der Waals surface area (Å²) < 4.78 is 43.0. The molecule has 20 heavy (non-hydrogen) atoms. The molecule has 1 saturated carbocycles. The van der Waals surface area contributed by atoms with Crippen molar-refractivity contribution in [3.05, 3.63) is 11.1 Å². The minimum atomic E-state index is -4.41. The average Bonchev–Trinajstić information content (AvgIpc) is 3.09. The third-order valence-corrected chi connectivity index (χ3v) is 4.44. The lowest BCUT2D eigenvalue weighted by Gasteiger charge is -2.20. The maximum absolute atomic E-state index is 12.4. The van der Waals surface area contributed by atoms with Crippen molar-refractivity contribution in [3.8, 4) is 0 Å². The van der Waals surface area contributed by atoms with Gasteiger partial charge >= 0.3 is 6.18 Å². The van der Waals surface area contributed by atoms with Crippen LogP contribution in [0, 0.1) is 0 Å². The Morgan fingerprint density at radius 2 is 2.10 bits per heavy atom. The standard InChI is InChI=1S/C12H14F3N3OS/c13-12(14,15)9-7-20-10(16-9)18-17-8-5-11(19-6-8)3-1-2-4-11/h7H,1-6H2,(H,16,18)/b17-8+. The zero-order valence-electron chi connectivity index (χ0n) is 10.7. The van der Waals surface area contributed by atoms with Crippen LogP contribution < -0.4 is 5.43 Å². The van der Waals surface area contributed by atoms with E-state index in [0.717, 1.165) is 41.7 Å². The second kappa shape index (κ2) is 5.00. The van der Waals surface area contributed by atoms with Gasteiger partial charge in [0.05, 0.1) is 17.9 Å². The van der Waals surface area contributed by atoms with E-state index >= 15 is 0 Å². The molecule has 2 fully saturated rings. The van der Waals surface area contributed by atoms with Crippen molar-refractivity contribution in [3.63, 3.8) is 0 Å². The molecule has 0 aromatic carbocycles. The van der Waals surface area contributed by atoms with Gasteiger partial charge in [0, 0.05) is 11.8 Å². The maximum Gasteiger partial charge on any atom is 0.434 e. The number of nitrogens with zero attached hydrogens (tertiary/aromatic N) is 2. The number of ether oxygens (including phenoxy) is 1. The van der Waals surface area contributed by atoms with Crippen molar-refractivity contribution in [1.29, 1.82) is 0 Å². The summed E-state index contributed by atoms with van der Waals surface area (Å²) in [5.41, 5.74) is 2.49. The number of alkyl halides is 3. The van der Waals surface area contributed by atoms with Crippen LogP contribution in [0.1, 0.15) is 37.8 Å². The molecule has 0 unspecified atom stereocenters. The van der Waals surface area contributed by atoms with Crippen LogP contribution in [0.25, 0.3) is 0 Å². The van der Waals surface area contributed by atoms with E-state index in [4.69, 9.17) is 4.74 Å². The second-order valence-corrected chi connectivity index (χ2v) is 6.04. The summed E-state index contributed by atoms with van der Waals surface area (Å²) in [7, 11) is 0. The Bertz CT molecular complexity index is 520. The summed E-state index contributed by atoms with van der Waals surface area (Å²) in [4.78, 5) is 3.47. The largest absolute Gasteiger partial charge is 0.434 e. The van der Waals surface area contributed by atoms with E-state index in [2.05, 4.69) is 15.5 Å². The monoisotopic (exact) mass is 305 g/mol. The summed E-state index contributed by atoms with van der Waals surface area (Å²) in [6.45, 7) is 0.449. The van der Waals surface area contributed by atoms with Crippen molar-refractivity contribution in [1.82, 2.24) is 4.98 Å². The van der Waals surface area contributed by atoms with Gasteiger partial charge in [-0.2, -0.15) is 18.3 Å². The highest BCUT2D eigenvalue weighted by molar-refractivity contribution is 7.13. The van der Waals surface area contributed by atoms with Gasteiger partial charge in [0.15, 0.2) is 5.69 Å². The Morgan fingerprint density at radius 1 is 1.35 bits per heavy atom. The first kappa shape index (κ1) is 13.8. The fourth-order valence-corrected chi connectivity index (χ4v) is 3.36. The van der Waals surface area contributed by atoms with Gasteiger partial charge in [-0.3, -0.25) is 5.43 Å². The molecule has 1 aromatic rings. The van der Waals surface area contributed by atoms with E-state index < -0.39 is 11.9 Å². The molecule has 1 aliphatic heterocycles. The smallest absolute Gasteiger partial charge is 0.369 e. The van der Waals surface area contributed by atoms with Gasteiger partial charge in [-0.1, -0.05) is 12.8 Å². The number of halogens is 3. The van der Waals surface area contributed by atoms with Crippen LogP contribution in [-0.4, -0.2) is 22.9 Å². The number of aromatic nitrogens is 1. The molecule has 2 heterocycles. The van der Waals surface area contributed by atoms with E-state index in [1.807, 2.05) is 0 Å². The Morgan fingerprint density at radius 3 is 2.75 bits per heavy atom. The molecule has 4 nitrogen and oxygen atoms in total. The van der Waals surface area contributed by atoms with Crippen molar-refractivity contribution in [2.24, 2.45) is 5.10 Å². The van der Waals surface area contributed by atoms with Gasteiger partial charge in [-0.05, 0) is 12.8 Å². The molecule has 2 aliphatic rings. The first-order valence-electron chi connectivity index (χ1n) is 6.45. The van der Waals surface area contributed by atoms with Gasteiger partial charge in [0.2, 0.25) is 5.13 Å². The number of hydrazone groups is 1. The molecular weight excluding hydrogens is 291 g/mol. The van der Waals surface area contributed by atoms with Crippen LogP contribution in [-0.2, 0) is 10.9 Å². The van der Waals surface area contributed by atoms with E-state index in [-0.39, 0.29) is 10.7 Å². The number of rotatable bonds is 2. The lowest BCUT2D eigenvalue weighted by atomic mass is 9.98. The number of nitrogens with one attached hydrogen (secondary N) is 1. The minimum absolute atomic E-state index is 0.0689. The fraction of sp³-hybridized carbons (Fsp3) is 0.667. The van der Waals surface area contributed by atoms with Crippen molar-refractivity contribution in [2.75, 3.05) is 12.0 Å². The van der Waals surface area contributed by atoms with Crippen LogP contribution >= 0.6 is 11.3 Å². The van der Waals surface area contributed by atoms with Crippen molar-refractivity contribution in [2.45, 2.75) is 43.9 Å². The molecule has 1 spiro atoms.